The summed E-state index contributed by atoms with van der Waals surface area (Å²) in [6, 6.07) is 4.38. The normalized spacial score (nSPS) is 13.0. The average Bonchev–Trinajstić information content (AvgIpc) is 2.63. The van der Waals surface area contributed by atoms with Gasteiger partial charge in [-0.3, -0.25) is 4.79 Å². The number of nitrogens with one attached hydrogen (secondary N) is 1. The SMILES string of the molecule is CC(C)C(NCCC(=O)O)c1cccs1. The molecule has 1 atom stereocenters. The molecule has 15 heavy (non-hydrogen) atoms. The molecule has 0 spiro atoms. The van der Waals surface area contributed by atoms with E-state index in [9.17, 15) is 4.79 Å². The Labute approximate surface area is 94.1 Å². The van der Waals surface area contributed by atoms with Gasteiger partial charge in [-0.25, -0.2) is 0 Å². The van der Waals surface area contributed by atoms with E-state index in [-0.39, 0.29) is 12.5 Å². The van der Waals surface area contributed by atoms with Gasteiger partial charge in [0.05, 0.1) is 6.42 Å². The molecular weight excluding hydrogens is 210 g/mol. The lowest BCUT2D eigenvalue weighted by molar-refractivity contribution is -0.136. The Hall–Kier alpha value is -0.870. The van der Waals surface area contributed by atoms with Crippen molar-refractivity contribution in [3.63, 3.8) is 0 Å². The fraction of sp³-hybridized carbons (Fsp3) is 0.545. The Kier molecular flexibility index (Phi) is 4.78. The topological polar surface area (TPSA) is 49.3 Å². The maximum Gasteiger partial charge on any atom is 0.304 e. The van der Waals surface area contributed by atoms with Crippen LogP contribution in [0.1, 0.15) is 31.2 Å². The maximum absolute atomic E-state index is 10.4. The summed E-state index contributed by atoms with van der Waals surface area (Å²) in [5.41, 5.74) is 0. The number of carboxylic acid groups (broad SMARTS) is 1. The number of aliphatic carboxylic acids is 1. The average molecular weight is 227 g/mol. The molecule has 3 nitrogen and oxygen atoms in total. The van der Waals surface area contributed by atoms with Crippen LogP contribution in [0.2, 0.25) is 0 Å². The van der Waals surface area contributed by atoms with Crippen LogP contribution in [0.3, 0.4) is 0 Å². The smallest absolute Gasteiger partial charge is 0.304 e. The second-order valence-corrected chi connectivity index (χ2v) is 4.81. The summed E-state index contributed by atoms with van der Waals surface area (Å²) in [7, 11) is 0. The highest BCUT2D eigenvalue weighted by atomic mass is 32.1. The largest absolute Gasteiger partial charge is 0.481 e. The summed E-state index contributed by atoms with van der Waals surface area (Å²) in [6.07, 6.45) is 0.175. The number of thiophene rings is 1. The Morgan fingerprint density at radius 2 is 2.33 bits per heavy atom. The lowest BCUT2D eigenvalue weighted by atomic mass is 10.0. The molecule has 0 aromatic carbocycles. The summed E-state index contributed by atoms with van der Waals surface area (Å²) in [4.78, 5) is 11.7. The third kappa shape index (κ3) is 4.01. The zero-order valence-electron chi connectivity index (χ0n) is 9.06. The van der Waals surface area contributed by atoms with E-state index in [2.05, 4.69) is 25.2 Å². The molecular formula is C11H17NO2S. The maximum atomic E-state index is 10.4. The quantitative estimate of drug-likeness (QED) is 0.785. The highest BCUT2D eigenvalue weighted by Gasteiger charge is 2.15. The molecule has 0 bridgehead atoms. The van der Waals surface area contributed by atoms with E-state index in [1.807, 2.05) is 11.4 Å². The van der Waals surface area contributed by atoms with Gasteiger partial charge < -0.3 is 10.4 Å². The van der Waals surface area contributed by atoms with Gasteiger partial charge in [0.25, 0.3) is 0 Å². The molecule has 1 rings (SSSR count). The molecule has 0 aliphatic heterocycles. The van der Waals surface area contributed by atoms with Crippen molar-refractivity contribution >= 4 is 17.3 Å². The van der Waals surface area contributed by atoms with Gasteiger partial charge >= 0.3 is 5.97 Å². The third-order valence-electron chi connectivity index (χ3n) is 2.22. The first-order valence-electron chi connectivity index (χ1n) is 5.10. The summed E-state index contributed by atoms with van der Waals surface area (Å²) >= 11 is 1.71. The highest BCUT2D eigenvalue weighted by Crippen LogP contribution is 2.25. The van der Waals surface area contributed by atoms with Crippen molar-refractivity contribution < 1.29 is 9.90 Å². The Bertz CT molecular complexity index is 296. The molecule has 0 saturated heterocycles. The molecule has 1 aromatic heterocycles. The van der Waals surface area contributed by atoms with Crippen molar-refractivity contribution in [2.75, 3.05) is 6.54 Å². The summed E-state index contributed by atoms with van der Waals surface area (Å²) < 4.78 is 0. The Morgan fingerprint density at radius 1 is 1.60 bits per heavy atom. The van der Waals surface area contributed by atoms with Crippen LogP contribution >= 0.6 is 11.3 Å². The lowest BCUT2D eigenvalue weighted by Gasteiger charge is -2.20. The van der Waals surface area contributed by atoms with E-state index in [4.69, 9.17) is 5.11 Å². The molecule has 0 fully saturated rings. The molecule has 0 aliphatic carbocycles. The summed E-state index contributed by atoms with van der Waals surface area (Å²) in [5.74, 6) is -0.284. The lowest BCUT2D eigenvalue weighted by Crippen LogP contribution is -2.27. The van der Waals surface area contributed by atoms with Crippen LogP contribution < -0.4 is 5.32 Å². The van der Waals surface area contributed by atoms with E-state index < -0.39 is 5.97 Å². The minimum Gasteiger partial charge on any atom is -0.481 e. The molecule has 0 amide bonds. The molecule has 1 unspecified atom stereocenters. The molecule has 4 heteroatoms. The van der Waals surface area contributed by atoms with Crippen molar-refractivity contribution in [1.82, 2.24) is 5.32 Å². The van der Waals surface area contributed by atoms with Gasteiger partial charge in [0, 0.05) is 17.5 Å². The summed E-state index contributed by atoms with van der Waals surface area (Å²) in [6.45, 7) is 4.80. The van der Waals surface area contributed by atoms with Crippen molar-refractivity contribution in [2.24, 2.45) is 5.92 Å². The van der Waals surface area contributed by atoms with Crippen molar-refractivity contribution in [1.29, 1.82) is 0 Å². The molecule has 0 aliphatic rings. The van der Waals surface area contributed by atoms with Crippen molar-refractivity contribution in [3.8, 4) is 0 Å². The van der Waals surface area contributed by atoms with Crippen LogP contribution in [0.25, 0.3) is 0 Å². The first-order valence-corrected chi connectivity index (χ1v) is 5.98. The number of carbonyl (C=O) groups is 1. The van der Waals surface area contributed by atoms with Gasteiger partial charge in [-0.05, 0) is 17.4 Å². The molecule has 84 valence electrons. The second-order valence-electron chi connectivity index (χ2n) is 3.83. The van der Waals surface area contributed by atoms with Gasteiger partial charge in [-0.1, -0.05) is 19.9 Å². The molecule has 1 aromatic rings. The van der Waals surface area contributed by atoms with Crippen LogP contribution in [-0.4, -0.2) is 17.6 Å². The minimum atomic E-state index is -0.754. The summed E-state index contributed by atoms with van der Waals surface area (Å²) in [5, 5.41) is 13.9. The third-order valence-corrected chi connectivity index (χ3v) is 3.17. The van der Waals surface area contributed by atoms with Crippen LogP contribution in [0.5, 0.6) is 0 Å². The van der Waals surface area contributed by atoms with Crippen molar-refractivity contribution in [3.05, 3.63) is 22.4 Å². The number of hydrogen-bond donors (Lipinski definition) is 2. The van der Waals surface area contributed by atoms with Gasteiger partial charge in [0.15, 0.2) is 0 Å². The standard InChI is InChI=1S/C11H17NO2S/c1-8(2)11(9-4-3-7-15-9)12-6-5-10(13)14/h3-4,7-8,11-12H,5-6H2,1-2H3,(H,13,14). The van der Waals surface area contributed by atoms with Crippen LogP contribution in [0, 0.1) is 5.92 Å². The minimum absolute atomic E-state index is 0.175. The highest BCUT2D eigenvalue weighted by molar-refractivity contribution is 7.10. The molecule has 0 saturated carbocycles. The predicted octanol–water partition coefficient (Wildman–Crippen LogP) is 2.51. The van der Waals surface area contributed by atoms with E-state index in [1.165, 1.54) is 4.88 Å². The zero-order valence-corrected chi connectivity index (χ0v) is 9.88. The number of hydrogen-bond acceptors (Lipinski definition) is 3. The fourth-order valence-corrected chi connectivity index (χ4v) is 2.44. The first-order chi connectivity index (χ1) is 7.11. The Morgan fingerprint density at radius 3 is 2.80 bits per heavy atom. The van der Waals surface area contributed by atoms with Gasteiger partial charge in [0.1, 0.15) is 0 Å². The van der Waals surface area contributed by atoms with Gasteiger partial charge in [0.2, 0.25) is 0 Å². The van der Waals surface area contributed by atoms with E-state index >= 15 is 0 Å². The number of carboxylic acids is 1. The van der Waals surface area contributed by atoms with Gasteiger partial charge in [-0.15, -0.1) is 11.3 Å². The first kappa shape index (κ1) is 12.2. The van der Waals surface area contributed by atoms with Gasteiger partial charge in [-0.2, -0.15) is 0 Å². The van der Waals surface area contributed by atoms with Crippen LogP contribution in [0.15, 0.2) is 17.5 Å². The van der Waals surface area contributed by atoms with E-state index in [1.54, 1.807) is 11.3 Å². The monoisotopic (exact) mass is 227 g/mol. The second kappa shape index (κ2) is 5.88. The van der Waals surface area contributed by atoms with E-state index in [0.29, 0.717) is 12.5 Å². The fourth-order valence-electron chi connectivity index (χ4n) is 1.47. The van der Waals surface area contributed by atoms with Crippen LogP contribution in [0.4, 0.5) is 0 Å². The zero-order chi connectivity index (χ0) is 11.3. The molecule has 0 radical (unpaired) electrons. The van der Waals surface area contributed by atoms with E-state index in [0.717, 1.165) is 0 Å². The Balaban J connectivity index is 2.49. The van der Waals surface area contributed by atoms with Crippen molar-refractivity contribution in [2.45, 2.75) is 26.3 Å². The molecule has 2 N–H and O–H groups in total. The number of rotatable bonds is 6. The van der Waals surface area contributed by atoms with Crippen LogP contribution in [-0.2, 0) is 4.79 Å². The predicted molar refractivity (Wildman–Crippen MR) is 62.2 cm³/mol. The molecule has 1 heterocycles.